The summed E-state index contributed by atoms with van der Waals surface area (Å²) >= 11 is 0. The molecule has 1 atom stereocenters. The van der Waals surface area contributed by atoms with Gasteiger partial charge in [0.2, 0.25) is 0 Å². The Balaban J connectivity index is 2.11. The van der Waals surface area contributed by atoms with E-state index in [1.165, 1.54) is 0 Å². The van der Waals surface area contributed by atoms with Gasteiger partial charge in [0.15, 0.2) is 0 Å². The van der Waals surface area contributed by atoms with Gasteiger partial charge in [-0.15, -0.1) is 0 Å². The van der Waals surface area contributed by atoms with Crippen LogP contribution in [0.2, 0.25) is 0 Å². The van der Waals surface area contributed by atoms with Crippen molar-refractivity contribution in [1.82, 2.24) is 0 Å². The first-order chi connectivity index (χ1) is 11.0. The molecule has 1 heterocycles. The molecule has 0 aliphatic carbocycles. The van der Waals surface area contributed by atoms with Gasteiger partial charge in [-0.1, -0.05) is 24.3 Å². The van der Waals surface area contributed by atoms with Crippen LogP contribution in [0.1, 0.15) is 5.56 Å². The summed E-state index contributed by atoms with van der Waals surface area (Å²) < 4.78 is 5.40. The normalized spacial score (nSPS) is 16.9. The molecule has 3 rings (SSSR count). The molecule has 2 aromatic rings. The molecule has 2 aromatic carbocycles. The van der Waals surface area contributed by atoms with Crippen LogP contribution in [-0.2, 0) is 6.42 Å². The van der Waals surface area contributed by atoms with Gasteiger partial charge in [-0.2, -0.15) is 0 Å². The average molecular weight is 310 g/mol. The second-order valence-electron chi connectivity index (χ2n) is 5.41. The second-order valence-corrected chi connectivity index (χ2v) is 5.41. The van der Waals surface area contributed by atoms with E-state index < -0.39 is 12.1 Å². The van der Waals surface area contributed by atoms with E-state index in [1.54, 1.807) is 13.2 Å². The number of rotatable bonds is 2. The molecule has 1 unspecified atom stereocenters. The van der Waals surface area contributed by atoms with Gasteiger partial charge in [-0.05, 0) is 35.7 Å². The van der Waals surface area contributed by atoms with E-state index in [0.717, 1.165) is 27.3 Å². The SMILES string of the molecule is COc1ccccc1-c1ccc2c(c1)CC(N)C(=N)N2C(N)=O. The molecule has 0 spiro atoms. The number of benzene rings is 2. The van der Waals surface area contributed by atoms with Crippen molar-refractivity contribution in [2.75, 3.05) is 12.0 Å². The molecule has 5 N–H and O–H groups in total. The highest BCUT2D eigenvalue weighted by molar-refractivity contribution is 6.18. The zero-order chi connectivity index (χ0) is 16.6. The van der Waals surface area contributed by atoms with Crippen molar-refractivity contribution >= 4 is 17.6 Å². The Morgan fingerprint density at radius 1 is 1.30 bits per heavy atom. The molecular formula is C17H18N4O2. The van der Waals surface area contributed by atoms with Crippen molar-refractivity contribution < 1.29 is 9.53 Å². The molecule has 23 heavy (non-hydrogen) atoms. The number of ether oxygens (including phenoxy) is 1. The van der Waals surface area contributed by atoms with Crippen LogP contribution in [0.15, 0.2) is 42.5 Å². The lowest BCUT2D eigenvalue weighted by Crippen LogP contribution is -2.52. The Labute approximate surface area is 134 Å². The number of amides is 2. The van der Waals surface area contributed by atoms with Crippen LogP contribution in [0.5, 0.6) is 5.75 Å². The van der Waals surface area contributed by atoms with Crippen LogP contribution in [0.3, 0.4) is 0 Å². The third-order valence-corrected chi connectivity index (χ3v) is 3.99. The lowest BCUT2D eigenvalue weighted by Gasteiger charge is -2.32. The smallest absolute Gasteiger partial charge is 0.324 e. The number of methoxy groups -OCH3 is 1. The molecule has 0 bridgehead atoms. The summed E-state index contributed by atoms with van der Waals surface area (Å²) in [5.74, 6) is 0.794. The van der Waals surface area contributed by atoms with Crippen LogP contribution in [0.4, 0.5) is 10.5 Å². The number of fused-ring (bicyclic) bond motifs is 1. The summed E-state index contributed by atoms with van der Waals surface area (Å²) in [6.07, 6.45) is 0.487. The number of nitrogens with two attached hydrogens (primary N) is 2. The number of anilines is 1. The minimum atomic E-state index is -0.698. The summed E-state index contributed by atoms with van der Waals surface area (Å²) in [6.45, 7) is 0. The van der Waals surface area contributed by atoms with Crippen LogP contribution in [0.25, 0.3) is 11.1 Å². The molecular weight excluding hydrogens is 292 g/mol. The standard InChI is InChI=1S/C17H18N4O2/c1-23-15-5-3-2-4-12(15)10-6-7-14-11(8-10)9-13(18)16(19)21(14)17(20)22/h2-8,13,19H,9,18H2,1H3,(H2,20,22). The second kappa shape index (κ2) is 5.73. The fourth-order valence-corrected chi connectivity index (χ4v) is 2.88. The molecule has 1 aliphatic rings. The Kier molecular flexibility index (Phi) is 3.75. The molecule has 2 amide bonds. The van der Waals surface area contributed by atoms with E-state index in [-0.39, 0.29) is 5.84 Å². The molecule has 0 saturated carbocycles. The lowest BCUT2D eigenvalue weighted by atomic mass is 9.93. The van der Waals surface area contributed by atoms with E-state index in [9.17, 15) is 4.79 Å². The molecule has 118 valence electrons. The molecule has 1 aliphatic heterocycles. The van der Waals surface area contributed by atoms with Crippen LogP contribution in [-0.4, -0.2) is 25.0 Å². The topological polar surface area (TPSA) is 105 Å². The van der Waals surface area contributed by atoms with Crippen LogP contribution >= 0.6 is 0 Å². The van der Waals surface area contributed by atoms with Gasteiger partial charge in [0.05, 0.1) is 18.8 Å². The maximum absolute atomic E-state index is 11.7. The number of nitrogens with one attached hydrogen (secondary N) is 1. The molecule has 6 heteroatoms. The highest BCUT2D eigenvalue weighted by Gasteiger charge is 2.31. The number of nitrogens with zero attached hydrogens (tertiary/aromatic N) is 1. The highest BCUT2D eigenvalue weighted by Crippen LogP contribution is 2.35. The summed E-state index contributed by atoms with van der Waals surface area (Å²) in [5, 5.41) is 7.97. The summed E-state index contributed by atoms with van der Waals surface area (Å²) in [6, 6.07) is 12.1. The number of urea groups is 1. The molecule has 0 radical (unpaired) electrons. The summed E-state index contributed by atoms with van der Waals surface area (Å²) in [7, 11) is 1.63. The van der Waals surface area contributed by atoms with Gasteiger partial charge >= 0.3 is 6.03 Å². The van der Waals surface area contributed by atoms with Crippen molar-refractivity contribution in [3.63, 3.8) is 0 Å². The molecule has 6 nitrogen and oxygen atoms in total. The number of para-hydroxylation sites is 1. The van der Waals surface area contributed by atoms with Gasteiger partial charge in [0.1, 0.15) is 11.6 Å². The quantitative estimate of drug-likeness (QED) is 0.791. The average Bonchev–Trinajstić information content (AvgIpc) is 2.55. The maximum atomic E-state index is 11.7. The Morgan fingerprint density at radius 3 is 2.74 bits per heavy atom. The highest BCUT2D eigenvalue weighted by atomic mass is 16.5. The minimum absolute atomic E-state index is 0.0232. The number of carbonyl (C=O) groups excluding carboxylic acids is 1. The Hall–Kier alpha value is -2.86. The van der Waals surface area contributed by atoms with E-state index in [0.29, 0.717) is 12.1 Å². The van der Waals surface area contributed by atoms with E-state index in [4.69, 9.17) is 21.6 Å². The van der Waals surface area contributed by atoms with Gasteiger partial charge in [-0.3, -0.25) is 5.41 Å². The van der Waals surface area contributed by atoms with E-state index in [1.807, 2.05) is 36.4 Å². The third-order valence-electron chi connectivity index (χ3n) is 3.99. The fourth-order valence-electron chi connectivity index (χ4n) is 2.88. The molecule has 0 saturated heterocycles. The maximum Gasteiger partial charge on any atom is 0.324 e. The molecule has 0 aromatic heterocycles. The zero-order valence-electron chi connectivity index (χ0n) is 12.7. The third kappa shape index (κ3) is 2.53. The van der Waals surface area contributed by atoms with Gasteiger partial charge < -0.3 is 16.2 Å². The van der Waals surface area contributed by atoms with Gasteiger partial charge in [0.25, 0.3) is 0 Å². The monoisotopic (exact) mass is 310 g/mol. The zero-order valence-corrected chi connectivity index (χ0v) is 12.7. The number of hydrogen-bond donors (Lipinski definition) is 3. The predicted octanol–water partition coefficient (Wildman–Crippen LogP) is 2.11. The van der Waals surface area contributed by atoms with E-state index in [2.05, 4.69) is 0 Å². The Morgan fingerprint density at radius 2 is 2.04 bits per heavy atom. The largest absolute Gasteiger partial charge is 0.496 e. The van der Waals surface area contributed by atoms with Crippen LogP contribution < -0.4 is 21.1 Å². The van der Waals surface area contributed by atoms with Crippen molar-refractivity contribution in [3.8, 4) is 16.9 Å². The fraction of sp³-hybridized carbons (Fsp3) is 0.176. The predicted molar refractivity (Wildman–Crippen MR) is 89.9 cm³/mol. The number of amidine groups is 1. The number of hydrogen-bond acceptors (Lipinski definition) is 4. The Bertz CT molecular complexity index is 788. The first kappa shape index (κ1) is 15.1. The van der Waals surface area contributed by atoms with Crippen molar-refractivity contribution in [3.05, 3.63) is 48.0 Å². The first-order valence-corrected chi connectivity index (χ1v) is 7.23. The summed E-state index contributed by atoms with van der Waals surface area (Å²) in [5.41, 5.74) is 14.8. The van der Waals surface area contributed by atoms with Crippen molar-refractivity contribution in [1.29, 1.82) is 5.41 Å². The van der Waals surface area contributed by atoms with Crippen molar-refractivity contribution in [2.45, 2.75) is 12.5 Å². The van der Waals surface area contributed by atoms with Crippen LogP contribution in [0, 0.1) is 5.41 Å². The van der Waals surface area contributed by atoms with E-state index >= 15 is 0 Å². The van der Waals surface area contributed by atoms with Crippen molar-refractivity contribution in [2.24, 2.45) is 11.5 Å². The van der Waals surface area contributed by atoms with Gasteiger partial charge in [0, 0.05) is 5.56 Å². The summed E-state index contributed by atoms with van der Waals surface area (Å²) in [4.78, 5) is 12.8. The number of primary amides is 1. The number of carbonyl (C=O) groups is 1. The minimum Gasteiger partial charge on any atom is -0.496 e. The molecule has 0 fully saturated rings. The van der Waals surface area contributed by atoms with Gasteiger partial charge in [-0.25, -0.2) is 9.69 Å². The first-order valence-electron chi connectivity index (χ1n) is 7.23. The lowest BCUT2D eigenvalue weighted by molar-refractivity contribution is 0.256.